The van der Waals surface area contributed by atoms with Gasteiger partial charge in [0.2, 0.25) is 17.7 Å². The third-order valence-corrected chi connectivity index (χ3v) is 9.69. The second-order valence-electron chi connectivity index (χ2n) is 9.95. The van der Waals surface area contributed by atoms with Crippen LogP contribution in [-0.4, -0.2) is 131 Å². The fourth-order valence-corrected chi connectivity index (χ4v) is 8.35. The van der Waals surface area contributed by atoms with Crippen LogP contribution in [0.2, 0.25) is 0 Å². The minimum atomic E-state index is -0.804. The Morgan fingerprint density at radius 3 is 2.49 bits per heavy atom. The molecule has 0 bridgehead atoms. The number of hydrogen-bond donors (Lipinski definition) is 1. The molecule has 10 heteroatoms. The Labute approximate surface area is 211 Å². The largest absolute Gasteiger partial charge is 0.395 e. The van der Waals surface area contributed by atoms with Crippen molar-refractivity contribution in [2.45, 2.75) is 29.4 Å². The Hall–Kier alpha value is -1.88. The number of ether oxygens (including phenoxy) is 1. The van der Waals surface area contributed by atoms with Gasteiger partial charge in [-0.25, -0.2) is 0 Å². The lowest BCUT2D eigenvalue weighted by Gasteiger charge is -2.36. The second-order valence-corrected chi connectivity index (χ2v) is 11.4. The quantitative estimate of drug-likeness (QED) is 0.481. The first-order chi connectivity index (χ1) is 17.0. The SMILES string of the molecule is CCCN1CC=C[C@@H]2S[C@]34C=CCN(CCN5CCOCC5)C(=O)C3N(CCO)C(=O)[C@@H]4[C@@H]2C1=O. The van der Waals surface area contributed by atoms with Gasteiger partial charge in [0.1, 0.15) is 6.04 Å². The summed E-state index contributed by atoms with van der Waals surface area (Å²) < 4.78 is 4.63. The van der Waals surface area contributed by atoms with Crippen molar-refractivity contribution >= 4 is 29.5 Å². The Balaban J connectivity index is 1.45. The van der Waals surface area contributed by atoms with Gasteiger partial charge in [0.05, 0.1) is 36.4 Å². The highest BCUT2D eigenvalue weighted by Crippen LogP contribution is 2.60. The topological polar surface area (TPSA) is 93.6 Å². The Morgan fingerprint density at radius 2 is 1.74 bits per heavy atom. The number of β-amino-alcohol motifs (C(OH)–C–C–N with tert-alkyl or cyclic N) is 1. The Morgan fingerprint density at radius 1 is 1.00 bits per heavy atom. The van der Waals surface area contributed by atoms with Gasteiger partial charge < -0.3 is 24.5 Å². The first kappa shape index (κ1) is 24.8. The van der Waals surface area contributed by atoms with Crippen molar-refractivity contribution < 1.29 is 24.2 Å². The molecule has 0 aromatic carbocycles. The molecule has 35 heavy (non-hydrogen) atoms. The summed E-state index contributed by atoms with van der Waals surface area (Å²) in [6.07, 6.45) is 9.00. The van der Waals surface area contributed by atoms with E-state index in [1.54, 1.807) is 16.7 Å². The summed E-state index contributed by atoms with van der Waals surface area (Å²) in [5, 5.41) is 9.64. The highest BCUT2D eigenvalue weighted by molar-refractivity contribution is 8.02. The zero-order valence-corrected chi connectivity index (χ0v) is 21.2. The van der Waals surface area contributed by atoms with Crippen LogP contribution in [0.15, 0.2) is 24.3 Å². The van der Waals surface area contributed by atoms with E-state index in [4.69, 9.17) is 4.74 Å². The molecule has 3 amide bonds. The zero-order chi connectivity index (χ0) is 24.6. The summed E-state index contributed by atoms with van der Waals surface area (Å²) in [7, 11) is 0. The lowest BCUT2D eigenvalue weighted by atomic mass is 9.78. The number of rotatable bonds is 7. The summed E-state index contributed by atoms with van der Waals surface area (Å²) in [4.78, 5) is 49.1. The molecule has 5 rings (SSSR count). The minimum absolute atomic E-state index is 0.00319. The molecule has 0 aliphatic carbocycles. The number of aliphatic hydroxyl groups excluding tert-OH is 1. The smallest absolute Gasteiger partial charge is 0.247 e. The fraction of sp³-hybridized carbons (Fsp3) is 0.720. The van der Waals surface area contributed by atoms with Crippen molar-refractivity contribution in [3.63, 3.8) is 0 Å². The molecule has 5 heterocycles. The first-order valence-corrected chi connectivity index (χ1v) is 13.7. The Kier molecular flexibility index (Phi) is 7.25. The summed E-state index contributed by atoms with van der Waals surface area (Å²) in [6.45, 7) is 8.05. The van der Waals surface area contributed by atoms with Crippen molar-refractivity contribution in [1.29, 1.82) is 0 Å². The van der Waals surface area contributed by atoms with Crippen LogP contribution in [-0.2, 0) is 19.1 Å². The van der Waals surface area contributed by atoms with Gasteiger partial charge in [-0.05, 0) is 6.42 Å². The van der Waals surface area contributed by atoms with E-state index in [0.717, 1.165) is 26.1 Å². The average molecular weight is 505 g/mol. The van der Waals surface area contributed by atoms with Crippen LogP contribution in [0.3, 0.4) is 0 Å². The maximum absolute atomic E-state index is 14.0. The van der Waals surface area contributed by atoms with E-state index in [-0.39, 0.29) is 36.1 Å². The van der Waals surface area contributed by atoms with Crippen LogP contribution >= 0.6 is 11.8 Å². The second kappa shape index (κ2) is 10.2. The summed E-state index contributed by atoms with van der Waals surface area (Å²) >= 11 is 1.59. The van der Waals surface area contributed by atoms with Crippen LogP contribution in [0, 0.1) is 11.8 Å². The van der Waals surface area contributed by atoms with E-state index in [1.807, 2.05) is 35.0 Å². The number of amides is 3. The number of fused-ring (bicyclic) bond motifs is 2. The molecule has 1 spiro atoms. The number of hydrogen-bond acceptors (Lipinski definition) is 7. The number of carbonyl (C=O) groups excluding carboxylic acids is 3. The molecule has 192 valence electrons. The zero-order valence-electron chi connectivity index (χ0n) is 20.4. The number of carbonyl (C=O) groups is 3. The number of nitrogens with zero attached hydrogens (tertiary/aromatic N) is 4. The molecular formula is C25H36N4O5S. The van der Waals surface area contributed by atoms with Crippen LogP contribution in [0.1, 0.15) is 13.3 Å². The van der Waals surface area contributed by atoms with Crippen molar-refractivity contribution in [2.75, 3.05) is 72.2 Å². The minimum Gasteiger partial charge on any atom is -0.395 e. The monoisotopic (exact) mass is 504 g/mol. The van der Waals surface area contributed by atoms with E-state index in [2.05, 4.69) is 11.0 Å². The molecule has 9 nitrogen and oxygen atoms in total. The Bertz CT molecular complexity index is 906. The van der Waals surface area contributed by atoms with E-state index in [9.17, 15) is 19.5 Å². The molecule has 3 fully saturated rings. The number of morpholine rings is 1. The average Bonchev–Trinajstić information content (AvgIpc) is 3.17. The van der Waals surface area contributed by atoms with E-state index in [0.29, 0.717) is 39.4 Å². The summed E-state index contributed by atoms with van der Waals surface area (Å²) in [5.74, 6) is -1.37. The van der Waals surface area contributed by atoms with Crippen LogP contribution in [0.4, 0.5) is 0 Å². The van der Waals surface area contributed by atoms with Gasteiger partial charge in [-0.1, -0.05) is 31.2 Å². The van der Waals surface area contributed by atoms with Crippen molar-refractivity contribution in [1.82, 2.24) is 19.6 Å². The van der Waals surface area contributed by atoms with Gasteiger partial charge in [0.15, 0.2) is 0 Å². The highest BCUT2D eigenvalue weighted by atomic mass is 32.2. The maximum atomic E-state index is 14.0. The maximum Gasteiger partial charge on any atom is 0.247 e. The van der Waals surface area contributed by atoms with Gasteiger partial charge in [-0.15, -0.1) is 11.8 Å². The lowest BCUT2D eigenvalue weighted by Crippen LogP contribution is -2.54. The predicted octanol–water partition coefficient (Wildman–Crippen LogP) is -0.185. The third kappa shape index (κ3) is 4.22. The molecule has 5 aliphatic rings. The van der Waals surface area contributed by atoms with Crippen molar-refractivity contribution in [2.24, 2.45) is 11.8 Å². The van der Waals surface area contributed by atoms with Crippen molar-refractivity contribution in [3.05, 3.63) is 24.3 Å². The number of aliphatic hydroxyl groups is 1. The molecule has 0 radical (unpaired) electrons. The van der Waals surface area contributed by atoms with Gasteiger partial charge in [-0.3, -0.25) is 19.3 Å². The molecule has 3 saturated heterocycles. The van der Waals surface area contributed by atoms with Crippen LogP contribution < -0.4 is 0 Å². The highest BCUT2D eigenvalue weighted by Gasteiger charge is 2.70. The number of likely N-dealkylation sites (tertiary alicyclic amines) is 1. The standard InChI is InChI=1S/C25H36N4O5S/c1-2-7-27-8-3-5-18-19(22(27)31)20-23(32)29(12-15-30)21-24(33)28(9-4-6-25(20,21)35-18)11-10-26-13-16-34-17-14-26/h3-6,18-21,30H,2,7-17H2,1H3/t18-,19+,20-,21?,25-/m0/s1. The van der Waals surface area contributed by atoms with Crippen LogP contribution in [0.5, 0.6) is 0 Å². The molecular weight excluding hydrogens is 468 g/mol. The summed E-state index contributed by atoms with van der Waals surface area (Å²) in [6, 6.07) is -0.714. The van der Waals surface area contributed by atoms with Gasteiger partial charge in [0, 0.05) is 57.6 Å². The van der Waals surface area contributed by atoms with E-state index >= 15 is 0 Å². The molecule has 5 atom stereocenters. The normalized spacial score (nSPS) is 35.3. The molecule has 0 aromatic rings. The van der Waals surface area contributed by atoms with Gasteiger partial charge in [-0.2, -0.15) is 0 Å². The fourth-order valence-electron chi connectivity index (χ4n) is 6.34. The van der Waals surface area contributed by atoms with E-state index in [1.165, 1.54) is 0 Å². The van der Waals surface area contributed by atoms with Gasteiger partial charge >= 0.3 is 0 Å². The number of thioether (sulfide) groups is 1. The molecule has 1 N–H and O–H groups in total. The third-order valence-electron chi connectivity index (χ3n) is 7.95. The van der Waals surface area contributed by atoms with Crippen molar-refractivity contribution in [3.8, 4) is 0 Å². The molecule has 0 saturated carbocycles. The summed E-state index contributed by atoms with van der Waals surface area (Å²) in [5.41, 5.74) is 0. The molecule has 0 aromatic heterocycles. The predicted molar refractivity (Wildman–Crippen MR) is 133 cm³/mol. The van der Waals surface area contributed by atoms with Crippen LogP contribution in [0.25, 0.3) is 0 Å². The lowest BCUT2D eigenvalue weighted by molar-refractivity contribution is -0.144. The van der Waals surface area contributed by atoms with Gasteiger partial charge in [0.25, 0.3) is 0 Å². The molecule has 1 unspecified atom stereocenters. The molecule has 5 aliphatic heterocycles. The van der Waals surface area contributed by atoms with E-state index < -0.39 is 22.6 Å². The first-order valence-electron chi connectivity index (χ1n) is 12.8.